The molecule has 2 bridgehead atoms. The summed E-state index contributed by atoms with van der Waals surface area (Å²) >= 11 is 0. The molecule has 2 aliphatic carbocycles. The third kappa shape index (κ3) is 3.69. The SMILES string of the molecule is O[C@@H](COC[C@H]1C[C@@H]2CC[C@@H]1C2)CN1CCOCC1. The number of nitrogens with zero attached hydrogens (tertiary/aromatic N) is 1. The molecule has 0 unspecified atom stereocenters. The molecule has 0 radical (unpaired) electrons. The Labute approximate surface area is 116 Å². The highest BCUT2D eigenvalue weighted by Crippen LogP contribution is 2.48. The fraction of sp³-hybridized carbons (Fsp3) is 1.00. The minimum Gasteiger partial charge on any atom is -0.389 e. The van der Waals surface area contributed by atoms with Crippen LogP contribution in [-0.4, -0.2) is 62.2 Å². The minimum absolute atomic E-state index is 0.350. The lowest BCUT2D eigenvalue weighted by Gasteiger charge is -2.28. The van der Waals surface area contributed by atoms with Crippen LogP contribution in [0.4, 0.5) is 0 Å². The van der Waals surface area contributed by atoms with Gasteiger partial charge in [-0.1, -0.05) is 6.42 Å². The molecule has 3 rings (SSSR count). The Morgan fingerprint density at radius 1 is 1.21 bits per heavy atom. The van der Waals surface area contributed by atoms with Gasteiger partial charge in [0.15, 0.2) is 0 Å². The Bertz CT molecular complexity index is 281. The van der Waals surface area contributed by atoms with Gasteiger partial charge < -0.3 is 14.6 Å². The van der Waals surface area contributed by atoms with E-state index in [9.17, 15) is 5.11 Å². The van der Waals surface area contributed by atoms with Gasteiger partial charge in [0.2, 0.25) is 0 Å². The van der Waals surface area contributed by atoms with E-state index in [1.54, 1.807) is 0 Å². The number of β-amino-alcohol motifs (C(OH)–C–C–N with tert-alkyl or cyclic N) is 1. The Morgan fingerprint density at radius 3 is 2.74 bits per heavy atom. The van der Waals surface area contributed by atoms with E-state index >= 15 is 0 Å². The van der Waals surface area contributed by atoms with Gasteiger partial charge >= 0.3 is 0 Å². The molecule has 0 aromatic carbocycles. The van der Waals surface area contributed by atoms with Crippen LogP contribution in [-0.2, 0) is 9.47 Å². The van der Waals surface area contributed by atoms with E-state index in [0.29, 0.717) is 6.61 Å². The molecule has 110 valence electrons. The molecule has 4 nitrogen and oxygen atoms in total. The van der Waals surface area contributed by atoms with E-state index in [2.05, 4.69) is 4.90 Å². The van der Waals surface area contributed by atoms with E-state index < -0.39 is 0 Å². The third-order valence-corrected chi connectivity index (χ3v) is 5.10. The zero-order valence-corrected chi connectivity index (χ0v) is 11.8. The molecule has 1 N–H and O–H groups in total. The number of hydrogen-bond donors (Lipinski definition) is 1. The van der Waals surface area contributed by atoms with Crippen LogP contribution in [0.5, 0.6) is 0 Å². The first-order valence-corrected chi connectivity index (χ1v) is 7.87. The first kappa shape index (κ1) is 13.8. The van der Waals surface area contributed by atoms with Crippen molar-refractivity contribution in [3.63, 3.8) is 0 Å². The number of morpholine rings is 1. The van der Waals surface area contributed by atoms with Crippen LogP contribution in [0, 0.1) is 17.8 Å². The van der Waals surface area contributed by atoms with E-state index in [1.165, 1.54) is 25.7 Å². The smallest absolute Gasteiger partial charge is 0.0900 e. The fourth-order valence-corrected chi connectivity index (χ4v) is 4.07. The Morgan fingerprint density at radius 2 is 2.05 bits per heavy atom. The molecular weight excluding hydrogens is 242 g/mol. The maximum Gasteiger partial charge on any atom is 0.0900 e. The number of aliphatic hydroxyl groups is 1. The highest BCUT2D eigenvalue weighted by molar-refractivity contribution is 4.89. The zero-order chi connectivity index (χ0) is 13.1. The van der Waals surface area contributed by atoms with Gasteiger partial charge in [0.05, 0.1) is 25.9 Å². The molecule has 3 aliphatic rings. The van der Waals surface area contributed by atoms with Crippen LogP contribution < -0.4 is 0 Å². The molecule has 0 aromatic heterocycles. The lowest BCUT2D eigenvalue weighted by molar-refractivity contribution is -0.0232. The van der Waals surface area contributed by atoms with Gasteiger partial charge in [-0.05, 0) is 37.0 Å². The summed E-state index contributed by atoms with van der Waals surface area (Å²) in [4.78, 5) is 2.26. The van der Waals surface area contributed by atoms with Crippen LogP contribution in [0.2, 0.25) is 0 Å². The molecule has 1 aliphatic heterocycles. The van der Waals surface area contributed by atoms with Crippen molar-refractivity contribution in [2.24, 2.45) is 17.8 Å². The molecule has 3 fully saturated rings. The Kier molecular flexibility index (Phi) is 4.74. The molecule has 0 aromatic rings. The molecule has 4 heteroatoms. The van der Waals surface area contributed by atoms with Crippen LogP contribution in [0.3, 0.4) is 0 Å². The normalized spacial score (nSPS) is 36.8. The largest absolute Gasteiger partial charge is 0.389 e. The van der Waals surface area contributed by atoms with Gasteiger partial charge in [-0.2, -0.15) is 0 Å². The quantitative estimate of drug-likeness (QED) is 0.785. The second-order valence-electron chi connectivity index (χ2n) is 6.54. The summed E-state index contributed by atoms with van der Waals surface area (Å²) in [5.74, 6) is 2.67. The van der Waals surface area contributed by atoms with E-state index in [-0.39, 0.29) is 6.10 Å². The summed E-state index contributed by atoms with van der Waals surface area (Å²) in [6, 6.07) is 0. The lowest BCUT2D eigenvalue weighted by atomic mass is 9.90. The number of aliphatic hydroxyl groups excluding tert-OH is 1. The summed E-state index contributed by atoms with van der Waals surface area (Å²) in [5.41, 5.74) is 0. The molecule has 0 spiro atoms. The molecule has 19 heavy (non-hydrogen) atoms. The highest BCUT2D eigenvalue weighted by Gasteiger charge is 2.39. The summed E-state index contributed by atoms with van der Waals surface area (Å²) in [6.07, 6.45) is 5.31. The van der Waals surface area contributed by atoms with Gasteiger partial charge in [0.1, 0.15) is 0 Å². The minimum atomic E-state index is -0.350. The van der Waals surface area contributed by atoms with Crippen molar-refractivity contribution in [1.29, 1.82) is 0 Å². The average molecular weight is 269 g/mol. The summed E-state index contributed by atoms with van der Waals surface area (Å²) in [7, 11) is 0. The number of rotatable bonds is 6. The first-order valence-electron chi connectivity index (χ1n) is 7.87. The standard InChI is InChI=1S/C15H27NO3/c17-15(9-16-3-5-18-6-4-16)11-19-10-14-8-12-1-2-13(14)7-12/h12-15,17H,1-11H2/t12-,13-,14-,15-/m1/s1. The number of ether oxygens (including phenoxy) is 2. The maximum absolute atomic E-state index is 10.00. The van der Waals surface area contributed by atoms with Crippen molar-refractivity contribution in [3.05, 3.63) is 0 Å². The topological polar surface area (TPSA) is 41.9 Å². The van der Waals surface area contributed by atoms with Crippen LogP contribution >= 0.6 is 0 Å². The fourth-order valence-electron chi connectivity index (χ4n) is 4.07. The second-order valence-corrected chi connectivity index (χ2v) is 6.54. The van der Waals surface area contributed by atoms with Crippen LogP contribution in [0.15, 0.2) is 0 Å². The van der Waals surface area contributed by atoms with Crippen molar-refractivity contribution in [3.8, 4) is 0 Å². The van der Waals surface area contributed by atoms with Crippen molar-refractivity contribution < 1.29 is 14.6 Å². The Hall–Kier alpha value is -0.160. The molecule has 0 amide bonds. The summed E-state index contributed by atoms with van der Waals surface area (Å²) < 4.78 is 11.1. The monoisotopic (exact) mass is 269 g/mol. The Balaban J connectivity index is 1.29. The molecule has 4 atom stereocenters. The highest BCUT2D eigenvalue weighted by atomic mass is 16.5. The number of fused-ring (bicyclic) bond motifs is 2. The van der Waals surface area contributed by atoms with Crippen molar-refractivity contribution >= 4 is 0 Å². The van der Waals surface area contributed by atoms with Crippen LogP contribution in [0.25, 0.3) is 0 Å². The van der Waals surface area contributed by atoms with Gasteiger partial charge in [0.25, 0.3) is 0 Å². The molecule has 2 saturated carbocycles. The van der Waals surface area contributed by atoms with Crippen molar-refractivity contribution in [1.82, 2.24) is 4.90 Å². The van der Waals surface area contributed by atoms with Gasteiger partial charge in [-0.25, -0.2) is 0 Å². The average Bonchev–Trinajstić information content (AvgIpc) is 3.02. The van der Waals surface area contributed by atoms with Gasteiger partial charge in [-0.15, -0.1) is 0 Å². The molecule has 1 saturated heterocycles. The predicted octanol–water partition coefficient (Wildman–Crippen LogP) is 1.13. The van der Waals surface area contributed by atoms with Crippen molar-refractivity contribution in [2.75, 3.05) is 46.1 Å². The van der Waals surface area contributed by atoms with E-state index in [0.717, 1.165) is 57.2 Å². The maximum atomic E-state index is 10.00. The summed E-state index contributed by atoms with van der Waals surface area (Å²) in [5, 5.41) is 10.00. The second kappa shape index (κ2) is 6.53. The number of hydrogen-bond acceptors (Lipinski definition) is 4. The predicted molar refractivity (Wildman–Crippen MR) is 73.0 cm³/mol. The van der Waals surface area contributed by atoms with Crippen LogP contribution in [0.1, 0.15) is 25.7 Å². The lowest BCUT2D eigenvalue weighted by Crippen LogP contribution is -2.42. The van der Waals surface area contributed by atoms with E-state index in [4.69, 9.17) is 9.47 Å². The van der Waals surface area contributed by atoms with E-state index in [1.807, 2.05) is 0 Å². The molecule has 1 heterocycles. The van der Waals surface area contributed by atoms with Crippen molar-refractivity contribution in [2.45, 2.75) is 31.8 Å². The summed E-state index contributed by atoms with van der Waals surface area (Å²) in [6.45, 7) is 5.52. The first-order chi connectivity index (χ1) is 9.31. The zero-order valence-electron chi connectivity index (χ0n) is 11.8. The van der Waals surface area contributed by atoms with Gasteiger partial charge in [0, 0.05) is 26.2 Å². The molecular formula is C15H27NO3. The third-order valence-electron chi connectivity index (χ3n) is 5.10. The van der Waals surface area contributed by atoms with Gasteiger partial charge in [-0.3, -0.25) is 4.90 Å².